The Hall–Kier alpha value is -4.89. The lowest BCUT2D eigenvalue weighted by Gasteiger charge is -2.16. The molecule has 0 atom stereocenters. The third-order valence-corrected chi connectivity index (χ3v) is 9.81. The van der Waals surface area contributed by atoms with Crippen molar-refractivity contribution in [1.82, 2.24) is 35.0 Å². The zero-order valence-electron chi connectivity index (χ0n) is 26.5. The standard InChI is InChI=1S/C38H39FN8/c1-24(26-8-2-3-9-26)42-31-20-29(22-40-23-31)27-10-11-34-33(21-27)36(46-45-34)38-43-35-32(12-13-41-37(35)44-38)28-17-25(18-30(39)19-28)7-6-16-47-14-4-5-15-47/h10-13,17-23,26,42H,1-9,14-16H2,(H,45,46)(H,41,43,44). The summed E-state index contributed by atoms with van der Waals surface area (Å²) in [4.78, 5) is 19.9. The molecule has 0 amide bonds. The van der Waals surface area contributed by atoms with Crippen molar-refractivity contribution in [3.8, 4) is 33.8 Å². The van der Waals surface area contributed by atoms with Gasteiger partial charge in [0.1, 0.15) is 11.5 Å². The molecule has 0 spiro atoms. The predicted molar refractivity (Wildman–Crippen MR) is 186 cm³/mol. The Bertz CT molecular complexity index is 2070. The number of anilines is 1. The molecular weight excluding hydrogens is 587 g/mol. The van der Waals surface area contributed by atoms with E-state index < -0.39 is 0 Å². The van der Waals surface area contributed by atoms with E-state index in [2.05, 4.69) is 66.2 Å². The molecule has 1 aliphatic heterocycles. The predicted octanol–water partition coefficient (Wildman–Crippen LogP) is 8.51. The summed E-state index contributed by atoms with van der Waals surface area (Å²) < 4.78 is 14.9. The molecular formula is C38H39FN8. The number of aryl methyl sites for hydroxylation is 1. The van der Waals surface area contributed by atoms with Crippen molar-refractivity contribution in [2.24, 2.45) is 5.92 Å². The van der Waals surface area contributed by atoms with Crippen molar-refractivity contribution >= 4 is 27.8 Å². The minimum Gasteiger partial charge on any atom is -0.358 e. The molecule has 8 rings (SSSR count). The van der Waals surface area contributed by atoms with E-state index in [1.165, 1.54) is 51.6 Å². The number of rotatable bonds is 10. The average Bonchev–Trinajstić information content (AvgIpc) is 3.91. The number of likely N-dealkylation sites (tertiary alicyclic amines) is 1. The van der Waals surface area contributed by atoms with Gasteiger partial charge in [0.2, 0.25) is 0 Å². The Morgan fingerprint density at radius 3 is 2.70 bits per heavy atom. The minimum absolute atomic E-state index is 0.231. The number of hydrogen-bond acceptors (Lipinski definition) is 6. The molecule has 238 valence electrons. The third-order valence-electron chi connectivity index (χ3n) is 9.81. The van der Waals surface area contributed by atoms with Crippen molar-refractivity contribution in [2.45, 2.75) is 51.4 Å². The SMILES string of the molecule is C=C(Nc1cncc(-c2ccc3[nH]nc(-c4nc5nccc(-c6cc(F)cc(CCCN7CCCC7)c6)c5[nH]4)c3c2)c1)C1CCCC1. The van der Waals surface area contributed by atoms with Crippen LogP contribution in [0.25, 0.3) is 55.8 Å². The first-order valence-electron chi connectivity index (χ1n) is 16.8. The minimum atomic E-state index is -0.231. The van der Waals surface area contributed by atoms with Gasteiger partial charge in [0, 0.05) is 34.6 Å². The fourth-order valence-corrected chi connectivity index (χ4v) is 7.33. The molecule has 0 bridgehead atoms. The van der Waals surface area contributed by atoms with Crippen LogP contribution in [-0.4, -0.2) is 54.7 Å². The van der Waals surface area contributed by atoms with E-state index in [4.69, 9.17) is 4.98 Å². The molecule has 47 heavy (non-hydrogen) atoms. The van der Waals surface area contributed by atoms with Crippen LogP contribution < -0.4 is 5.32 Å². The normalized spacial score (nSPS) is 15.7. The van der Waals surface area contributed by atoms with Gasteiger partial charge in [0.25, 0.3) is 0 Å². The second-order valence-electron chi connectivity index (χ2n) is 13.1. The van der Waals surface area contributed by atoms with Crippen molar-refractivity contribution in [3.63, 3.8) is 0 Å². The highest BCUT2D eigenvalue weighted by molar-refractivity contribution is 5.97. The molecule has 2 aliphatic rings. The lowest BCUT2D eigenvalue weighted by Crippen LogP contribution is -2.20. The van der Waals surface area contributed by atoms with Gasteiger partial charge in [-0.3, -0.25) is 10.1 Å². The van der Waals surface area contributed by atoms with Crippen LogP contribution in [0.4, 0.5) is 10.1 Å². The maximum absolute atomic E-state index is 14.9. The van der Waals surface area contributed by atoms with Crippen LogP contribution in [0.15, 0.2) is 79.4 Å². The molecule has 9 heteroatoms. The third kappa shape index (κ3) is 6.15. The Labute approximate surface area is 273 Å². The molecule has 8 nitrogen and oxygen atoms in total. The Balaban J connectivity index is 1.08. The van der Waals surface area contributed by atoms with Crippen LogP contribution in [0.2, 0.25) is 0 Å². The van der Waals surface area contributed by atoms with Crippen LogP contribution in [0.3, 0.4) is 0 Å². The lowest BCUT2D eigenvalue weighted by molar-refractivity contribution is 0.334. The largest absolute Gasteiger partial charge is 0.358 e. The summed E-state index contributed by atoms with van der Waals surface area (Å²) in [6, 6.07) is 15.6. The quantitative estimate of drug-likeness (QED) is 0.141. The van der Waals surface area contributed by atoms with Crippen molar-refractivity contribution in [3.05, 3.63) is 90.8 Å². The highest BCUT2D eigenvalue weighted by atomic mass is 19.1. The number of aromatic nitrogens is 6. The van der Waals surface area contributed by atoms with Gasteiger partial charge in [-0.15, -0.1) is 0 Å². The van der Waals surface area contributed by atoms with Gasteiger partial charge in [0.15, 0.2) is 11.5 Å². The Morgan fingerprint density at radius 2 is 1.83 bits per heavy atom. The number of pyridine rings is 2. The van der Waals surface area contributed by atoms with Crippen molar-refractivity contribution < 1.29 is 4.39 Å². The number of imidazole rings is 1. The van der Waals surface area contributed by atoms with E-state index in [-0.39, 0.29) is 5.82 Å². The maximum atomic E-state index is 14.9. The summed E-state index contributed by atoms with van der Waals surface area (Å²) in [5.74, 6) is 0.896. The van der Waals surface area contributed by atoms with Crippen LogP contribution in [0.5, 0.6) is 0 Å². The molecule has 5 heterocycles. The van der Waals surface area contributed by atoms with Gasteiger partial charge >= 0.3 is 0 Å². The fourth-order valence-electron chi connectivity index (χ4n) is 7.33. The molecule has 2 aromatic carbocycles. The monoisotopic (exact) mass is 626 g/mol. The molecule has 6 aromatic rings. The Morgan fingerprint density at radius 1 is 0.957 bits per heavy atom. The number of aromatic amines is 2. The van der Waals surface area contributed by atoms with E-state index in [1.807, 2.05) is 24.5 Å². The molecule has 3 N–H and O–H groups in total. The summed E-state index contributed by atoms with van der Waals surface area (Å²) in [5.41, 5.74) is 9.64. The first-order chi connectivity index (χ1) is 23.1. The van der Waals surface area contributed by atoms with Crippen LogP contribution in [0.1, 0.15) is 50.5 Å². The highest BCUT2D eigenvalue weighted by Gasteiger charge is 2.20. The topological polar surface area (TPSA) is 98.4 Å². The van der Waals surface area contributed by atoms with Crippen LogP contribution in [0, 0.1) is 11.7 Å². The molecule has 0 unspecified atom stereocenters. The second kappa shape index (κ2) is 12.7. The van der Waals surface area contributed by atoms with E-state index in [0.29, 0.717) is 23.1 Å². The number of benzene rings is 2. The molecule has 1 saturated heterocycles. The first-order valence-corrected chi connectivity index (χ1v) is 16.8. The number of hydrogen-bond donors (Lipinski definition) is 3. The van der Waals surface area contributed by atoms with Crippen molar-refractivity contribution in [2.75, 3.05) is 25.0 Å². The summed E-state index contributed by atoms with van der Waals surface area (Å²) >= 11 is 0. The maximum Gasteiger partial charge on any atom is 0.178 e. The molecule has 4 aromatic heterocycles. The van der Waals surface area contributed by atoms with Gasteiger partial charge in [-0.1, -0.05) is 31.6 Å². The van der Waals surface area contributed by atoms with Crippen LogP contribution in [-0.2, 0) is 6.42 Å². The fraction of sp³-hybridized carbons (Fsp3) is 0.316. The molecule has 2 fully saturated rings. The van der Waals surface area contributed by atoms with Crippen LogP contribution >= 0.6 is 0 Å². The second-order valence-corrected chi connectivity index (χ2v) is 13.1. The number of halogens is 1. The molecule has 1 saturated carbocycles. The number of allylic oxidation sites excluding steroid dienone is 1. The van der Waals surface area contributed by atoms with E-state index in [0.717, 1.165) is 75.0 Å². The van der Waals surface area contributed by atoms with E-state index in [9.17, 15) is 4.39 Å². The summed E-state index contributed by atoms with van der Waals surface area (Å²) in [5, 5.41) is 12.2. The van der Waals surface area contributed by atoms with Gasteiger partial charge in [-0.05, 0) is 117 Å². The molecule has 1 aliphatic carbocycles. The van der Waals surface area contributed by atoms with Gasteiger partial charge < -0.3 is 15.2 Å². The zero-order chi connectivity index (χ0) is 31.7. The van der Waals surface area contributed by atoms with Crippen molar-refractivity contribution in [1.29, 1.82) is 0 Å². The average molecular weight is 627 g/mol. The summed E-state index contributed by atoms with van der Waals surface area (Å²) in [7, 11) is 0. The number of H-pyrrole nitrogens is 2. The smallest absolute Gasteiger partial charge is 0.178 e. The van der Waals surface area contributed by atoms with E-state index >= 15 is 0 Å². The Kier molecular flexibility index (Phi) is 7.99. The number of nitrogens with zero attached hydrogens (tertiary/aromatic N) is 5. The highest BCUT2D eigenvalue weighted by Crippen LogP contribution is 2.35. The first kappa shape index (κ1) is 29.5. The molecule has 0 radical (unpaired) electrons. The number of fused-ring (bicyclic) bond motifs is 2. The zero-order valence-corrected chi connectivity index (χ0v) is 26.5. The van der Waals surface area contributed by atoms with Gasteiger partial charge in [-0.2, -0.15) is 5.10 Å². The van der Waals surface area contributed by atoms with Gasteiger partial charge in [0.05, 0.1) is 22.9 Å². The lowest BCUT2D eigenvalue weighted by atomic mass is 10.0. The van der Waals surface area contributed by atoms with E-state index in [1.54, 1.807) is 18.3 Å². The number of nitrogens with one attached hydrogen (secondary N) is 3. The summed E-state index contributed by atoms with van der Waals surface area (Å²) in [6.07, 6.45) is 14.8. The van der Waals surface area contributed by atoms with Gasteiger partial charge in [-0.25, -0.2) is 14.4 Å². The summed E-state index contributed by atoms with van der Waals surface area (Å²) in [6.45, 7) is 7.72.